The minimum atomic E-state index is 0.436. The van der Waals surface area contributed by atoms with Crippen molar-refractivity contribution in [2.45, 2.75) is 45.8 Å². The zero-order valence-corrected chi connectivity index (χ0v) is 9.68. The van der Waals surface area contributed by atoms with E-state index in [2.05, 4.69) is 32.7 Å². The van der Waals surface area contributed by atoms with Gasteiger partial charge in [-0.25, -0.2) is 0 Å². The molecule has 0 aromatic heterocycles. The molecule has 0 aromatic carbocycles. The molecule has 0 saturated carbocycles. The molecule has 1 fully saturated rings. The lowest BCUT2D eigenvalue weighted by Crippen LogP contribution is -2.41. The van der Waals surface area contributed by atoms with E-state index >= 15 is 0 Å². The Kier molecular flexibility index (Phi) is 4.63. The van der Waals surface area contributed by atoms with Gasteiger partial charge in [-0.1, -0.05) is 26.0 Å². The van der Waals surface area contributed by atoms with Gasteiger partial charge < -0.3 is 10.1 Å². The summed E-state index contributed by atoms with van der Waals surface area (Å²) >= 11 is 0. The van der Waals surface area contributed by atoms with Crippen molar-refractivity contribution < 1.29 is 4.74 Å². The number of rotatable bonds is 4. The van der Waals surface area contributed by atoms with Crippen LogP contribution in [0.5, 0.6) is 0 Å². The molecule has 2 nitrogen and oxygen atoms in total. The molecule has 0 bridgehead atoms. The van der Waals surface area contributed by atoms with Gasteiger partial charge in [0.15, 0.2) is 0 Å². The molecule has 0 spiro atoms. The minimum Gasteiger partial charge on any atom is -0.378 e. The van der Waals surface area contributed by atoms with Gasteiger partial charge in [-0.05, 0) is 25.7 Å². The second-order valence-corrected chi connectivity index (χ2v) is 4.71. The summed E-state index contributed by atoms with van der Waals surface area (Å²) in [6.07, 6.45) is 2.72. The molecule has 2 unspecified atom stereocenters. The van der Waals surface area contributed by atoms with Crippen LogP contribution in [0.4, 0.5) is 0 Å². The highest BCUT2D eigenvalue weighted by molar-refractivity contribution is 4.92. The van der Waals surface area contributed by atoms with E-state index in [0.29, 0.717) is 18.1 Å². The molecule has 82 valence electrons. The van der Waals surface area contributed by atoms with E-state index in [1.165, 1.54) is 5.57 Å². The van der Waals surface area contributed by atoms with Gasteiger partial charge in [0.25, 0.3) is 0 Å². The first kappa shape index (κ1) is 11.7. The molecule has 1 N–H and O–H groups in total. The van der Waals surface area contributed by atoms with E-state index in [1.54, 1.807) is 0 Å². The average Bonchev–Trinajstić information content (AvgIpc) is 2.15. The van der Waals surface area contributed by atoms with E-state index in [-0.39, 0.29) is 0 Å². The normalized spacial score (nSPS) is 28.0. The molecule has 0 aromatic rings. The molecule has 0 radical (unpaired) electrons. The summed E-state index contributed by atoms with van der Waals surface area (Å²) in [5.41, 5.74) is 1.21. The van der Waals surface area contributed by atoms with E-state index in [4.69, 9.17) is 4.74 Å². The molecule has 1 heterocycles. The molecule has 0 amide bonds. The van der Waals surface area contributed by atoms with Gasteiger partial charge in [0.05, 0.1) is 6.10 Å². The Bertz CT molecular complexity index is 189. The zero-order chi connectivity index (χ0) is 10.6. The topological polar surface area (TPSA) is 21.3 Å². The molecule has 14 heavy (non-hydrogen) atoms. The highest BCUT2D eigenvalue weighted by Crippen LogP contribution is 2.20. The lowest BCUT2D eigenvalue weighted by atomic mass is 9.95. The average molecular weight is 197 g/mol. The first-order valence-corrected chi connectivity index (χ1v) is 5.59. The number of ether oxygens (including phenoxy) is 1. The fraction of sp³-hybridized carbons (Fsp3) is 0.833. The maximum Gasteiger partial charge on any atom is 0.0612 e. The van der Waals surface area contributed by atoms with Crippen LogP contribution >= 0.6 is 0 Å². The summed E-state index contributed by atoms with van der Waals surface area (Å²) in [6.45, 7) is 12.3. The lowest BCUT2D eigenvalue weighted by Gasteiger charge is -2.32. The van der Waals surface area contributed by atoms with E-state index in [1.807, 2.05) is 0 Å². The van der Waals surface area contributed by atoms with Crippen molar-refractivity contribution in [1.29, 1.82) is 0 Å². The third-order valence-electron chi connectivity index (χ3n) is 2.75. The quantitative estimate of drug-likeness (QED) is 0.699. The Morgan fingerprint density at radius 2 is 2.29 bits per heavy atom. The Hall–Kier alpha value is -0.340. The van der Waals surface area contributed by atoms with Gasteiger partial charge in [-0.15, -0.1) is 0 Å². The molecule has 2 heteroatoms. The van der Waals surface area contributed by atoms with Gasteiger partial charge in [0.1, 0.15) is 0 Å². The van der Waals surface area contributed by atoms with Crippen molar-refractivity contribution in [3.05, 3.63) is 12.2 Å². The molecular formula is C12H23NO. The zero-order valence-electron chi connectivity index (χ0n) is 9.68. The Balaban J connectivity index is 2.29. The third-order valence-corrected chi connectivity index (χ3v) is 2.75. The van der Waals surface area contributed by atoms with Crippen molar-refractivity contribution in [3.8, 4) is 0 Å². The molecule has 1 saturated heterocycles. The Morgan fingerprint density at radius 1 is 1.57 bits per heavy atom. The van der Waals surface area contributed by atoms with Crippen LogP contribution < -0.4 is 5.32 Å². The van der Waals surface area contributed by atoms with Gasteiger partial charge in [-0.2, -0.15) is 0 Å². The lowest BCUT2D eigenvalue weighted by molar-refractivity contribution is -0.0238. The van der Waals surface area contributed by atoms with Crippen LogP contribution in [0.3, 0.4) is 0 Å². The summed E-state index contributed by atoms with van der Waals surface area (Å²) in [4.78, 5) is 0. The number of hydrogen-bond acceptors (Lipinski definition) is 2. The summed E-state index contributed by atoms with van der Waals surface area (Å²) in [6, 6.07) is 0.618. The third kappa shape index (κ3) is 3.81. The summed E-state index contributed by atoms with van der Waals surface area (Å²) in [7, 11) is 0. The highest BCUT2D eigenvalue weighted by atomic mass is 16.5. The van der Waals surface area contributed by atoms with Crippen molar-refractivity contribution in [2.24, 2.45) is 5.92 Å². The van der Waals surface area contributed by atoms with Crippen molar-refractivity contribution in [1.82, 2.24) is 5.32 Å². The van der Waals surface area contributed by atoms with Crippen molar-refractivity contribution in [2.75, 3.05) is 13.2 Å². The predicted octanol–water partition coefficient (Wildman–Crippen LogP) is 2.36. The monoisotopic (exact) mass is 197 g/mol. The van der Waals surface area contributed by atoms with Gasteiger partial charge in [0.2, 0.25) is 0 Å². The maximum atomic E-state index is 5.71. The maximum absolute atomic E-state index is 5.71. The van der Waals surface area contributed by atoms with E-state index in [0.717, 1.165) is 26.0 Å². The second kappa shape index (κ2) is 5.52. The standard InChI is InChI=1S/C12H23NO/c1-9(2)8-13-11-5-6-14-12(7-11)10(3)4/h10-13H,1,5-8H2,2-4H3. The largest absolute Gasteiger partial charge is 0.378 e. The Labute approximate surface area is 87.7 Å². The van der Waals surface area contributed by atoms with Gasteiger partial charge in [0, 0.05) is 19.2 Å². The predicted molar refractivity (Wildman–Crippen MR) is 60.4 cm³/mol. The van der Waals surface area contributed by atoms with Gasteiger partial charge >= 0.3 is 0 Å². The van der Waals surface area contributed by atoms with Crippen molar-refractivity contribution in [3.63, 3.8) is 0 Å². The van der Waals surface area contributed by atoms with Crippen LogP contribution in [-0.4, -0.2) is 25.3 Å². The van der Waals surface area contributed by atoms with Crippen LogP contribution in [-0.2, 0) is 4.74 Å². The van der Waals surface area contributed by atoms with Crippen LogP contribution in [0.2, 0.25) is 0 Å². The molecule has 0 aliphatic carbocycles. The molecular weight excluding hydrogens is 174 g/mol. The minimum absolute atomic E-state index is 0.436. The van der Waals surface area contributed by atoms with Crippen molar-refractivity contribution >= 4 is 0 Å². The second-order valence-electron chi connectivity index (χ2n) is 4.71. The summed E-state index contributed by atoms with van der Waals surface area (Å²) in [5, 5.41) is 3.53. The van der Waals surface area contributed by atoms with Crippen LogP contribution in [0.25, 0.3) is 0 Å². The SMILES string of the molecule is C=C(C)CNC1CCOC(C(C)C)C1. The molecule has 2 atom stereocenters. The fourth-order valence-corrected chi connectivity index (χ4v) is 1.80. The molecule has 1 aliphatic heterocycles. The van der Waals surface area contributed by atoms with Crippen LogP contribution in [0.1, 0.15) is 33.6 Å². The number of hydrogen-bond donors (Lipinski definition) is 1. The molecule has 1 aliphatic rings. The van der Waals surface area contributed by atoms with Crippen LogP contribution in [0, 0.1) is 5.92 Å². The summed E-state index contributed by atoms with van der Waals surface area (Å²) in [5.74, 6) is 0.629. The van der Waals surface area contributed by atoms with E-state index < -0.39 is 0 Å². The van der Waals surface area contributed by atoms with Crippen LogP contribution in [0.15, 0.2) is 12.2 Å². The highest BCUT2D eigenvalue weighted by Gasteiger charge is 2.24. The first-order chi connectivity index (χ1) is 6.59. The Morgan fingerprint density at radius 3 is 2.86 bits per heavy atom. The smallest absolute Gasteiger partial charge is 0.0612 e. The summed E-state index contributed by atoms with van der Waals surface area (Å²) < 4.78 is 5.71. The molecule has 1 rings (SSSR count). The first-order valence-electron chi connectivity index (χ1n) is 5.59. The van der Waals surface area contributed by atoms with E-state index in [9.17, 15) is 0 Å². The van der Waals surface area contributed by atoms with Gasteiger partial charge in [-0.3, -0.25) is 0 Å². The number of nitrogens with one attached hydrogen (secondary N) is 1. The fourth-order valence-electron chi connectivity index (χ4n) is 1.80.